The molecule has 0 unspecified atom stereocenters. The van der Waals surface area contributed by atoms with Crippen LogP contribution >= 0.6 is 0 Å². The van der Waals surface area contributed by atoms with Crippen LogP contribution in [0.4, 0.5) is 0 Å². The summed E-state index contributed by atoms with van der Waals surface area (Å²) >= 11 is 0. The molecule has 66 valence electrons. The van der Waals surface area contributed by atoms with E-state index in [-0.39, 0.29) is 0 Å². The van der Waals surface area contributed by atoms with E-state index in [1.165, 1.54) is 0 Å². The quantitative estimate of drug-likeness (QED) is 0.672. The minimum Gasteiger partial charge on any atom is -0.298 e. The van der Waals surface area contributed by atoms with Gasteiger partial charge in [0.05, 0.1) is 11.7 Å². The fraction of sp³-hybridized carbons (Fsp3) is 0.200. The molecule has 2 rings (SSSR count). The molecule has 1 aromatic carbocycles. The molecule has 0 radical (unpaired) electrons. The van der Waals surface area contributed by atoms with E-state index >= 15 is 0 Å². The lowest BCUT2D eigenvalue weighted by Gasteiger charge is -2.03. The number of benzene rings is 1. The van der Waals surface area contributed by atoms with Gasteiger partial charge in [0.15, 0.2) is 6.29 Å². The number of carbonyl (C=O) groups excluding carboxylic acids is 1. The monoisotopic (exact) mass is 174 g/mol. The van der Waals surface area contributed by atoms with E-state index in [0.717, 1.165) is 33.9 Å². The molecule has 0 bridgehead atoms. The van der Waals surface area contributed by atoms with E-state index in [0.29, 0.717) is 0 Å². The van der Waals surface area contributed by atoms with Crippen LogP contribution in [0, 0.1) is 13.8 Å². The van der Waals surface area contributed by atoms with Crippen LogP contribution in [0.1, 0.15) is 21.5 Å². The highest BCUT2D eigenvalue weighted by molar-refractivity contribution is 5.92. The Kier molecular flexibility index (Phi) is 1.65. The second-order valence-electron chi connectivity index (χ2n) is 3.18. The van der Waals surface area contributed by atoms with E-state index in [1.54, 1.807) is 6.20 Å². The first-order valence-corrected chi connectivity index (χ1v) is 4.12. The Morgan fingerprint density at radius 1 is 1.46 bits per heavy atom. The van der Waals surface area contributed by atoms with E-state index in [1.807, 2.05) is 19.9 Å². The molecule has 3 nitrogen and oxygen atoms in total. The van der Waals surface area contributed by atoms with Crippen LogP contribution in [0.2, 0.25) is 0 Å². The Bertz CT molecular complexity index is 471. The lowest BCUT2D eigenvalue weighted by atomic mass is 10.0. The zero-order valence-electron chi connectivity index (χ0n) is 7.59. The zero-order valence-corrected chi connectivity index (χ0v) is 7.59. The summed E-state index contributed by atoms with van der Waals surface area (Å²) in [6, 6.07) is 1.94. The number of aromatic nitrogens is 2. The SMILES string of the molecule is Cc1cc2[nH]ncc2c(C)c1C=O. The minimum atomic E-state index is 0.772. The normalized spacial score (nSPS) is 10.6. The first-order chi connectivity index (χ1) is 6.24. The summed E-state index contributed by atoms with van der Waals surface area (Å²) < 4.78 is 0. The summed E-state index contributed by atoms with van der Waals surface area (Å²) in [5.74, 6) is 0. The van der Waals surface area contributed by atoms with Crippen LogP contribution in [-0.2, 0) is 0 Å². The van der Waals surface area contributed by atoms with Gasteiger partial charge in [0, 0.05) is 10.9 Å². The number of fused-ring (bicyclic) bond motifs is 1. The average molecular weight is 174 g/mol. The first kappa shape index (κ1) is 7.98. The summed E-state index contributed by atoms with van der Waals surface area (Å²) in [6.07, 6.45) is 2.65. The van der Waals surface area contributed by atoms with Gasteiger partial charge >= 0.3 is 0 Å². The number of aryl methyl sites for hydroxylation is 2. The van der Waals surface area contributed by atoms with Gasteiger partial charge in [-0.3, -0.25) is 9.89 Å². The Morgan fingerprint density at radius 2 is 2.23 bits per heavy atom. The van der Waals surface area contributed by atoms with Crippen molar-refractivity contribution in [3.05, 3.63) is 29.0 Å². The smallest absolute Gasteiger partial charge is 0.150 e. The van der Waals surface area contributed by atoms with Gasteiger partial charge in [-0.05, 0) is 31.0 Å². The van der Waals surface area contributed by atoms with Crippen LogP contribution in [0.15, 0.2) is 12.3 Å². The molecule has 3 heteroatoms. The van der Waals surface area contributed by atoms with Gasteiger partial charge < -0.3 is 0 Å². The molecular formula is C10H10N2O. The van der Waals surface area contributed by atoms with Crippen molar-refractivity contribution in [2.45, 2.75) is 13.8 Å². The van der Waals surface area contributed by atoms with Gasteiger partial charge in [0.2, 0.25) is 0 Å². The zero-order chi connectivity index (χ0) is 9.42. The third-order valence-corrected chi connectivity index (χ3v) is 2.38. The number of hydrogen-bond donors (Lipinski definition) is 1. The summed E-state index contributed by atoms with van der Waals surface area (Å²) in [4.78, 5) is 10.8. The van der Waals surface area contributed by atoms with Crippen LogP contribution in [-0.4, -0.2) is 16.5 Å². The molecule has 1 N–H and O–H groups in total. The average Bonchev–Trinajstić information content (AvgIpc) is 2.53. The molecule has 0 saturated heterocycles. The molecule has 0 saturated carbocycles. The van der Waals surface area contributed by atoms with Gasteiger partial charge in [-0.25, -0.2) is 0 Å². The Labute approximate surface area is 75.8 Å². The summed E-state index contributed by atoms with van der Waals surface area (Å²) in [7, 11) is 0. The van der Waals surface area contributed by atoms with E-state index in [2.05, 4.69) is 10.2 Å². The third kappa shape index (κ3) is 1.04. The number of H-pyrrole nitrogens is 1. The molecule has 0 atom stereocenters. The maximum absolute atomic E-state index is 10.8. The van der Waals surface area contributed by atoms with E-state index < -0.39 is 0 Å². The fourth-order valence-corrected chi connectivity index (χ4v) is 1.62. The van der Waals surface area contributed by atoms with E-state index in [9.17, 15) is 4.79 Å². The lowest BCUT2D eigenvalue weighted by Crippen LogP contribution is -1.91. The third-order valence-electron chi connectivity index (χ3n) is 2.38. The van der Waals surface area contributed by atoms with Crippen molar-refractivity contribution in [3.8, 4) is 0 Å². The summed E-state index contributed by atoms with van der Waals surface area (Å²) in [6.45, 7) is 3.87. The Hall–Kier alpha value is -1.64. The molecule has 2 aromatic rings. The molecule has 1 heterocycles. The molecule has 0 spiro atoms. The van der Waals surface area contributed by atoms with Crippen molar-refractivity contribution in [1.29, 1.82) is 0 Å². The predicted octanol–water partition coefficient (Wildman–Crippen LogP) is 1.99. The van der Waals surface area contributed by atoms with Crippen molar-refractivity contribution in [3.63, 3.8) is 0 Å². The first-order valence-electron chi connectivity index (χ1n) is 4.12. The number of nitrogens with zero attached hydrogens (tertiary/aromatic N) is 1. The van der Waals surface area contributed by atoms with Crippen molar-refractivity contribution in [2.75, 3.05) is 0 Å². The van der Waals surface area contributed by atoms with Crippen molar-refractivity contribution in [1.82, 2.24) is 10.2 Å². The van der Waals surface area contributed by atoms with Gasteiger partial charge in [-0.15, -0.1) is 0 Å². The fourth-order valence-electron chi connectivity index (χ4n) is 1.62. The van der Waals surface area contributed by atoms with Crippen molar-refractivity contribution >= 4 is 17.2 Å². The second kappa shape index (κ2) is 2.69. The molecule has 0 amide bonds. The minimum absolute atomic E-state index is 0.772. The lowest BCUT2D eigenvalue weighted by molar-refractivity contribution is 0.112. The number of hydrogen-bond acceptors (Lipinski definition) is 2. The summed E-state index contributed by atoms with van der Waals surface area (Å²) in [5.41, 5.74) is 3.75. The van der Waals surface area contributed by atoms with Gasteiger partial charge in [-0.1, -0.05) is 0 Å². The van der Waals surface area contributed by atoms with Crippen LogP contribution in [0.5, 0.6) is 0 Å². The highest BCUT2D eigenvalue weighted by Crippen LogP contribution is 2.21. The summed E-state index contributed by atoms with van der Waals surface area (Å²) in [5, 5.41) is 7.85. The highest BCUT2D eigenvalue weighted by atomic mass is 16.1. The Morgan fingerprint density at radius 3 is 2.92 bits per heavy atom. The predicted molar refractivity (Wildman–Crippen MR) is 51.0 cm³/mol. The number of nitrogens with one attached hydrogen (secondary N) is 1. The van der Waals surface area contributed by atoms with E-state index in [4.69, 9.17) is 0 Å². The maximum Gasteiger partial charge on any atom is 0.150 e. The number of carbonyl (C=O) groups is 1. The highest BCUT2D eigenvalue weighted by Gasteiger charge is 2.07. The van der Waals surface area contributed by atoms with Crippen LogP contribution in [0.3, 0.4) is 0 Å². The molecule has 0 aliphatic carbocycles. The molecule has 0 aliphatic heterocycles. The molecule has 0 aliphatic rings. The number of aromatic amines is 1. The number of aldehydes is 1. The standard InChI is InChI=1S/C10H10N2O/c1-6-3-10-8(4-11-12-10)7(2)9(6)5-13/h3-5H,1-2H3,(H,11,12). The van der Waals surface area contributed by atoms with Crippen LogP contribution in [0.25, 0.3) is 10.9 Å². The van der Waals surface area contributed by atoms with Gasteiger partial charge in [0.1, 0.15) is 0 Å². The van der Waals surface area contributed by atoms with Gasteiger partial charge in [0.25, 0.3) is 0 Å². The molecule has 0 fully saturated rings. The Balaban J connectivity index is 2.92. The van der Waals surface area contributed by atoms with Crippen LogP contribution < -0.4 is 0 Å². The number of rotatable bonds is 1. The van der Waals surface area contributed by atoms with Gasteiger partial charge in [-0.2, -0.15) is 5.10 Å². The largest absolute Gasteiger partial charge is 0.298 e. The molecular weight excluding hydrogens is 164 g/mol. The second-order valence-corrected chi connectivity index (χ2v) is 3.18. The molecule has 1 aromatic heterocycles. The van der Waals surface area contributed by atoms with Crippen molar-refractivity contribution < 1.29 is 4.79 Å². The topological polar surface area (TPSA) is 45.8 Å². The van der Waals surface area contributed by atoms with Crippen molar-refractivity contribution in [2.24, 2.45) is 0 Å². The molecule has 13 heavy (non-hydrogen) atoms. The maximum atomic E-state index is 10.8.